The zero-order valence-corrected chi connectivity index (χ0v) is 25.8. The van der Waals surface area contributed by atoms with Gasteiger partial charge in [0.15, 0.2) is 0 Å². The maximum Gasteiger partial charge on any atom is 0.312 e. The van der Waals surface area contributed by atoms with Crippen LogP contribution in [0, 0.1) is 0 Å². The minimum absolute atomic E-state index is 0.00183. The molecule has 0 heterocycles. The van der Waals surface area contributed by atoms with E-state index in [0.29, 0.717) is 19.5 Å². The average Bonchev–Trinajstić information content (AvgIpc) is 2.91. The lowest BCUT2D eigenvalue weighted by Crippen LogP contribution is -2.30. The topological polar surface area (TPSA) is 114 Å². The molecule has 7 nitrogen and oxygen atoms in total. The zero-order chi connectivity index (χ0) is 28.8. The highest BCUT2D eigenvalue weighted by molar-refractivity contribution is 5.71. The van der Waals surface area contributed by atoms with Crippen molar-refractivity contribution in [1.82, 2.24) is 10.6 Å². The van der Waals surface area contributed by atoms with Crippen LogP contribution in [-0.4, -0.2) is 48.9 Å². The Labute approximate surface area is 241 Å². The number of nitrogens with one attached hydrogen (secondary N) is 2. The molecule has 1 unspecified atom stereocenters. The Balaban J connectivity index is 3.85. The lowest BCUT2D eigenvalue weighted by atomic mass is 10.0. The fourth-order valence-electron chi connectivity index (χ4n) is 4.95. The first-order valence-corrected chi connectivity index (χ1v) is 16.6. The van der Waals surface area contributed by atoms with Crippen LogP contribution in [0.25, 0.3) is 0 Å². The quantitative estimate of drug-likeness (QED) is 0.0540. The smallest absolute Gasteiger partial charge is 0.312 e. The number of nitrogens with two attached hydrogens (primary N) is 1. The summed E-state index contributed by atoms with van der Waals surface area (Å²) in [5, 5.41) is 15.9. The van der Waals surface area contributed by atoms with Gasteiger partial charge in [-0.25, -0.2) is 4.79 Å². The van der Waals surface area contributed by atoms with Crippen molar-refractivity contribution in [1.29, 1.82) is 0 Å². The van der Waals surface area contributed by atoms with Gasteiger partial charge in [0.05, 0.1) is 6.10 Å². The van der Waals surface area contributed by atoms with E-state index >= 15 is 0 Å². The van der Waals surface area contributed by atoms with Crippen LogP contribution in [0.5, 0.6) is 0 Å². The minimum Gasteiger partial charge on any atom is -0.462 e. The van der Waals surface area contributed by atoms with E-state index in [-0.39, 0.29) is 18.2 Å². The molecule has 0 aromatic rings. The van der Waals surface area contributed by atoms with Gasteiger partial charge in [-0.15, -0.1) is 0 Å². The number of carbonyl (C=O) groups is 2. The molecule has 0 bridgehead atoms. The van der Waals surface area contributed by atoms with Gasteiger partial charge >= 0.3 is 12.0 Å². The molecule has 0 aliphatic rings. The molecule has 0 radical (unpaired) electrons. The summed E-state index contributed by atoms with van der Waals surface area (Å²) in [5.41, 5.74) is 5.03. The average molecular weight is 556 g/mol. The molecule has 0 fully saturated rings. The summed E-state index contributed by atoms with van der Waals surface area (Å²) in [6.07, 6.45) is 25.5. The van der Waals surface area contributed by atoms with Crippen LogP contribution >= 0.6 is 0 Å². The summed E-state index contributed by atoms with van der Waals surface area (Å²) in [6.45, 7) is 6.57. The third-order valence-corrected chi connectivity index (χ3v) is 7.44. The second-order valence-corrected chi connectivity index (χ2v) is 11.4. The van der Waals surface area contributed by atoms with Crippen LogP contribution in [0.3, 0.4) is 0 Å². The fourth-order valence-corrected chi connectivity index (χ4v) is 4.95. The molecule has 0 rings (SSSR count). The van der Waals surface area contributed by atoms with E-state index in [2.05, 4.69) is 24.5 Å². The summed E-state index contributed by atoms with van der Waals surface area (Å²) >= 11 is 0. The van der Waals surface area contributed by atoms with Gasteiger partial charge in [0, 0.05) is 19.5 Å². The van der Waals surface area contributed by atoms with E-state index in [1.165, 1.54) is 77.0 Å². The predicted molar refractivity (Wildman–Crippen MR) is 164 cm³/mol. The van der Waals surface area contributed by atoms with Gasteiger partial charge < -0.3 is 26.2 Å². The molecular formula is C32H65N3O4. The highest BCUT2D eigenvalue weighted by atomic mass is 16.5. The number of aliphatic hydroxyl groups excluding tert-OH is 1. The van der Waals surface area contributed by atoms with Gasteiger partial charge in [0.1, 0.15) is 6.10 Å². The van der Waals surface area contributed by atoms with Crippen molar-refractivity contribution >= 4 is 12.0 Å². The highest BCUT2D eigenvalue weighted by Gasteiger charge is 2.14. The Morgan fingerprint density at radius 1 is 0.667 bits per heavy atom. The summed E-state index contributed by atoms with van der Waals surface area (Å²) in [7, 11) is 0. The molecule has 0 saturated heterocycles. The molecule has 0 saturated carbocycles. The third kappa shape index (κ3) is 29.5. The largest absolute Gasteiger partial charge is 0.462 e. The summed E-state index contributed by atoms with van der Waals surface area (Å²) in [4.78, 5) is 23.1. The maximum atomic E-state index is 12.5. The van der Waals surface area contributed by atoms with Crippen molar-refractivity contribution in [2.45, 2.75) is 174 Å². The molecule has 0 aliphatic carbocycles. The fraction of sp³-hybridized carbons (Fsp3) is 0.938. The number of unbranched alkanes of at least 4 members (excludes halogenated alkanes) is 15. The Morgan fingerprint density at radius 3 is 1.74 bits per heavy atom. The molecule has 0 aromatic carbocycles. The van der Waals surface area contributed by atoms with Crippen LogP contribution in [0.1, 0.15) is 162 Å². The van der Waals surface area contributed by atoms with Crippen molar-refractivity contribution < 1.29 is 19.4 Å². The predicted octanol–water partition coefficient (Wildman–Crippen LogP) is 7.53. The van der Waals surface area contributed by atoms with E-state index in [0.717, 1.165) is 70.8 Å². The monoisotopic (exact) mass is 555 g/mol. The van der Waals surface area contributed by atoms with E-state index in [9.17, 15) is 14.7 Å². The van der Waals surface area contributed by atoms with E-state index in [1.807, 2.05) is 0 Å². The third-order valence-electron chi connectivity index (χ3n) is 7.44. The van der Waals surface area contributed by atoms with Crippen LogP contribution < -0.4 is 16.4 Å². The number of ether oxygens (including phenoxy) is 1. The van der Waals surface area contributed by atoms with Gasteiger partial charge in [-0.1, -0.05) is 97.3 Å². The number of rotatable bonds is 30. The molecule has 0 spiro atoms. The number of carbonyl (C=O) groups excluding carboxylic acids is 2. The van der Waals surface area contributed by atoms with Crippen molar-refractivity contribution in [2.24, 2.45) is 5.73 Å². The molecule has 5 N–H and O–H groups in total. The van der Waals surface area contributed by atoms with Crippen LogP contribution in [-0.2, 0) is 9.53 Å². The first-order valence-electron chi connectivity index (χ1n) is 16.6. The van der Waals surface area contributed by atoms with E-state index in [4.69, 9.17) is 10.5 Å². The van der Waals surface area contributed by atoms with Crippen molar-refractivity contribution in [3.63, 3.8) is 0 Å². The Morgan fingerprint density at radius 2 is 1.15 bits per heavy atom. The first kappa shape index (κ1) is 37.7. The summed E-state index contributed by atoms with van der Waals surface area (Å²) < 4.78 is 5.94. The van der Waals surface area contributed by atoms with Crippen molar-refractivity contribution in [2.75, 3.05) is 19.6 Å². The number of hydrogen-bond acceptors (Lipinski definition) is 5. The zero-order valence-electron chi connectivity index (χ0n) is 25.8. The van der Waals surface area contributed by atoms with Crippen molar-refractivity contribution in [3.8, 4) is 0 Å². The molecule has 0 aromatic heterocycles. The highest BCUT2D eigenvalue weighted by Crippen LogP contribution is 2.18. The Hall–Kier alpha value is -1.34. The molecule has 0 aliphatic heterocycles. The second-order valence-electron chi connectivity index (χ2n) is 11.4. The molecule has 1 atom stereocenters. The normalized spacial score (nSPS) is 12.1. The van der Waals surface area contributed by atoms with Gasteiger partial charge in [0.2, 0.25) is 0 Å². The maximum absolute atomic E-state index is 12.5. The number of amides is 2. The Kier molecular flexibility index (Phi) is 28.6. The number of primary amides is 1. The van der Waals surface area contributed by atoms with Gasteiger partial charge in [-0.05, 0) is 64.3 Å². The summed E-state index contributed by atoms with van der Waals surface area (Å²) in [6, 6.07) is -0.497. The molecule has 232 valence electrons. The molecular weight excluding hydrogens is 490 g/mol. The molecule has 39 heavy (non-hydrogen) atoms. The SMILES string of the molecule is CCCCCCCCC(CCCCCCCC)OC(=O)CCCCCCCNCC(O)CCCCNC(N)=O. The number of esters is 1. The molecule has 2 amide bonds. The van der Waals surface area contributed by atoms with Gasteiger partial charge in [-0.3, -0.25) is 4.79 Å². The summed E-state index contributed by atoms with van der Waals surface area (Å²) in [5.74, 6) is -0.00183. The van der Waals surface area contributed by atoms with E-state index in [1.54, 1.807) is 0 Å². The van der Waals surface area contributed by atoms with Crippen LogP contribution in [0.15, 0.2) is 0 Å². The second kappa shape index (κ2) is 29.6. The standard InChI is InChI=1S/C32H65N3O4/c1-3-5-7-9-12-16-23-30(24-17-13-10-8-6-4-2)39-31(37)25-18-14-11-15-20-26-34-28-29(36)22-19-21-27-35-32(33)38/h29-30,34,36H,3-28H2,1-2H3,(H3,33,35,38). The lowest BCUT2D eigenvalue weighted by Gasteiger charge is -2.18. The van der Waals surface area contributed by atoms with Crippen molar-refractivity contribution in [3.05, 3.63) is 0 Å². The lowest BCUT2D eigenvalue weighted by molar-refractivity contribution is -0.150. The van der Waals surface area contributed by atoms with Crippen LogP contribution in [0.4, 0.5) is 4.79 Å². The van der Waals surface area contributed by atoms with Gasteiger partial charge in [0.25, 0.3) is 0 Å². The Bertz CT molecular complexity index is 532. The number of hydrogen-bond donors (Lipinski definition) is 4. The van der Waals surface area contributed by atoms with E-state index < -0.39 is 6.03 Å². The number of urea groups is 1. The van der Waals surface area contributed by atoms with Gasteiger partial charge in [-0.2, -0.15) is 0 Å². The van der Waals surface area contributed by atoms with Crippen LogP contribution in [0.2, 0.25) is 0 Å². The molecule has 7 heteroatoms. The minimum atomic E-state index is -0.497. The number of aliphatic hydroxyl groups is 1. The first-order chi connectivity index (χ1) is 19.0.